The average molecular weight is 136 g/mol. The lowest BCUT2D eigenvalue weighted by Crippen LogP contribution is -2.12. The van der Waals surface area contributed by atoms with E-state index in [4.69, 9.17) is 13.1 Å². The van der Waals surface area contributed by atoms with Gasteiger partial charge in [0.25, 0.3) is 0 Å². The van der Waals surface area contributed by atoms with Crippen LogP contribution in [-0.4, -0.2) is 5.66 Å². The van der Waals surface area contributed by atoms with Crippen LogP contribution in [0.3, 0.4) is 0 Å². The van der Waals surface area contributed by atoms with Crippen LogP contribution in [0.25, 0.3) is 9.69 Å². The second-order valence-corrected chi connectivity index (χ2v) is 2.54. The number of unbranched alkanes of at least 4 members (excludes halogenated alkanes) is 1. The van der Waals surface area contributed by atoms with E-state index < -0.39 is 5.66 Å². The number of nitrogens with zero attached hydrogens (tertiary/aromatic N) is 2. The molecule has 0 saturated carbocycles. The summed E-state index contributed by atoms with van der Waals surface area (Å²) in [6, 6.07) is 0. The molecule has 0 rings (SSSR count). The molecule has 0 aliphatic carbocycles. The van der Waals surface area contributed by atoms with Crippen molar-refractivity contribution in [2.24, 2.45) is 0 Å². The minimum Gasteiger partial charge on any atom is -0.231 e. The quantitative estimate of drug-likeness (QED) is 0.527. The van der Waals surface area contributed by atoms with E-state index in [0.717, 1.165) is 12.8 Å². The maximum absolute atomic E-state index is 6.75. The summed E-state index contributed by atoms with van der Waals surface area (Å²) in [5.41, 5.74) is -0.782. The zero-order valence-electron chi connectivity index (χ0n) is 6.52. The molecule has 10 heavy (non-hydrogen) atoms. The summed E-state index contributed by atoms with van der Waals surface area (Å²) in [6.45, 7) is 17.3. The van der Waals surface area contributed by atoms with Crippen LogP contribution in [0.2, 0.25) is 0 Å². The molecule has 0 radical (unpaired) electrons. The zero-order valence-corrected chi connectivity index (χ0v) is 6.52. The van der Waals surface area contributed by atoms with Gasteiger partial charge in [-0.2, -0.15) is 0 Å². The van der Waals surface area contributed by atoms with Gasteiger partial charge in [-0.1, -0.05) is 13.3 Å². The second-order valence-electron chi connectivity index (χ2n) is 2.54. The van der Waals surface area contributed by atoms with Gasteiger partial charge in [0.15, 0.2) is 0 Å². The molecular weight excluding hydrogens is 124 g/mol. The van der Waals surface area contributed by atoms with Gasteiger partial charge in [-0.05, 0) is 6.42 Å². The topological polar surface area (TPSA) is 8.72 Å². The minimum absolute atomic E-state index is 0.705. The van der Waals surface area contributed by atoms with E-state index in [9.17, 15) is 0 Å². The van der Waals surface area contributed by atoms with Crippen LogP contribution in [0.1, 0.15) is 33.1 Å². The van der Waals surface area contributed by atoms with Crippen LogP contribution in [0, 0.1) is 13.1 Å². The molecule has 0 heterocycles. The molecule has 0 aromatic heterocycles. The highest BCUT2D eigenvalue weighted by Gasteiger charge is 2.34. The predicted molar refractivity (Wildman–Crippen MR) is 41.1 cm³/mol. The molecule has 0 unspecified atom stereocenters. The van der Waals surface area contributed by atoms with Crippen molar-refractivity contribution in [1.29, 1.82) is 0 Å². The van der Waals surface area contributed by atoms with E-state index in [1.54, 1.807) is 6.92 Å². The first kappa shape index (κ1) is 8.98. The van der Waals surface area contributed by atoms with Crippen molar-refractivity contribution in [2.75, 3.05) is 0 Å². The smallest absolute Gasteiger partial charge is 0.231 e. The first-order chi connectivity index (χ1) is 4.68. The van der Waals surface area contributed by atoms with Crippen LogP contribution in [0.5, 0.6) is 0 Å². The summed E-state index contributed by atoms with van der Waals surface area (Å²) in [5.74, 6) is 0. The summed E-state index contributed by atoms with van der Waals surface area (Å²) in [6.07, 6.45) is 2.73. The van der Waals surface area contributed by atoms with Crippen molar-refractivity contribution in [3.63, 3.8) is 0 Å². The van der Waals surface area contributed by atoms with Crippen LogP contribution in [0.4, 0.5) is 0 Å². The Morgan fingerprint density at radius 1 is 1.30 bits per heavy atom. The summed E-state index contributed by atoms with van der Waals surface area (Å²) in [7, 11) is 0. The molecule has 0 N–H and O–H groups in total. The molecule has 0 aromatic carbocycles. The zero-order chi connectivity index (χ0) is 8.04. The van der Waals surface area contributed by atoms with Crippen molar-refractivity contribution >= 4 is 0 Å². The lowest BCUT2D eigenvalue weighted by Gasteiger charge is -2.01. The van der Waals surface area contributed by atoms with Gasteiger partial charge in [0.2, 0.25) is 0 Å². The molecule has 0 amide bonds. The summed E-state index contributed by atoms with van der Waals surface area (Å²) in [5, 5.41) is 0. The summed E-state index contributed by atoms with van der Waals surface area (Å²) in [4.78, 5) is 6.54. The Kier molecular flexibility index (Phi) is 3.51. The maximum Gasteiger partial charge on any atom is 0.479 e. The molecule has 0 aliphatic heterocycles. The lowest BCUT2D eigenvalue weighted by atomic mass is 10.1. The molecule has 0 spiro atoms. The fraction of sp³-hybridized carbons (Fsp3) is 0.750. The van der Waals surface area contributed by atoms with Crippen LogP contribution in [0.15, 0.2) is 0 Å². The molecule has 0 bridgehead atoms. The van der Waals surface area contributed by atoms with E-state index in [0.29, 0.717) is 6.42 Å². The summed E-state index contributed by atoms with van der Waals surface area (Å²) >= 11 is 0. The first-order valence-electron chi connectivity index (χ1n) is 3.46. The monoisotopic (exact) mass is 136 g/mol. The Morgan fingerprint density at radius 2 is 1.80 bits per heavy atom. The highest BCUT2D eigenvalue weighted by Crippen LogP contribution is 2.19. The Labute approximate surface area is 62.5 Å². The molecule has 2 heteroatoms. The Morgan fingerprint density at radius 3 is 2.10 bits per heavy atom. The fourth-order valence-corrected chi connectivity index (χ4v) is 0.648. The van der Waals surface area contributed by atoms with E-state index >= 15 is 0 Å². The van der Waals surface area contributed by atoms with Crippen molar-refractivity contribution in [2.45, 2.75) is 38.8 Å². The highest BCUT2D eigenvalue weighted by atomic mass is 15.0. The largest absolute Gasteiger partial charge is 0.479 e. The number of rotatable bonds is 3. The molecule has 54 valence electrons. The molecule has 2 nitrogen and oxygen atoms in total. The Balaban J connectivity index is 3.88. The lowest BCUT2D eigenvalue weighted by molar-refractivity contribution is 0.571. The normalized spacial score (nSPS) is 10.0. The third kappa shape index (κ3) is 2.51. The van der Waals surface area contributed by atoms with Gasteiger partial charge in [0.05, 0.1) is 6.92 Å². The van der Waals surface area contributed by atoms with Crippen LogP contribution >= 0.6 is 0 Å². The molecule has 0 fully saturated rings. The van der Waals surface area contributed by atoms with Crippen molar-refractivity contribution in [3.8, 4) is 0 Å². The van der Waals surface area contributed by atoms with Gasteiger partial charge in [-0.15, -0.1) is 0 Å². The van der Waals surface area contributed by atoms with Crippen molar-refractivity contribution in [3.05, 3.63) is 22.8 Å². The van der Waals surface area contributed by atoms with Gasteiger partial charge >= 0.3 is 5.66 Å². The van der Waals surface area contributed by atoms with Gasteiger partial charge in [0.1, 0.15) is 6.42 Å². The molecule has 0 aromatic rings. The van der Waals surface area contributed by atoms with Crippen molar-refractivity contribution in [1.82, 2.24) is 0 Å². The first-order valence-corrected chi connectivity index (χ1v) is 3.46. The molecule has 0 saturated heterocycles. The van der Waals surface area contributed by atoms with Gasteiger partial charge in [-0.25, -0.2) is 22.8 Å². The van der Waals surface area contributed by atoms with E-state index in [2.05, 4.69) is 16.6 Å². The summed E-state index contributed by atoms with van der Waals surface area (Å²) < 4.78 is 0. The van der Waals surface area contributed by atoms with Gasteiger partial charge in [0, 0.05) is 0 Å². The maximum atomic E-state index is 6.75. The average Bonchev–Trinajstić information content (AvgIpc) is 2.00. The Bertz CT molecular complexity index is 157. The van der Waals surface area contributed by atoms with Gasteiger partial charge < -0.3 is 0 Å². The van der Waals surface area contributed by atoms with Crippen LogP contribution in [-0.2, 0) is 0 Å². The number of hydrogen-bond acceptors (Lipinski definition) is 0. The fourth-order valence-electron chi connectivity index (χ4n) is 0.648. The number of hydrogen-bond donors (Lipinski definition) is 0. The standard InChI is InChI=1S/C8H12N2/c1-5-6-7-8(2,9-3)10-4/h5-7H2,1-2H3. The van der Waals surface area contributed by atoms with E-state index in [-0.39, 0.29) is 0 Å². The Hall–Kier alpha value is -1.02. The third-order valence-corrected chi connectivity index (χ3v) is 1.49. The molecule has 0 aliphatic rings. The van der Waals surface area contributed by atoms with Gasteiger partial charge in [-0.3, -0.25) is 0 Å². The molecular formula is C8H12N2. The highest BCUT2D eigenvalue weighted by molar-refractivity contribution is 5.01. The SMILES string of the molecule is [C-]#[N+]C(C)(CCCC)[N+]#[C-]. The van der Waals surface area contributed by atoms with Crippen LogP contribution < -0.4 is 0 Å². The predicted octanol–water partition coefficient (Wildman–Crippen LogP) is 2.73. The minimum atomic E-state index is -0.782. The molecule has 0 atom stereocenters. The second kappa shape index (κ2) is 3.90. The van der Waals surface area contributed by atoms with Crippen molar-refractivity contribution < 1.29 is 0 Å². The van der Waals surface area contributed by atoms with E-state index in [1.807, 2.05) is 0 Å². The third-order valence-electron chi connectivity index (χ3n) is 1.49. The van der Waals surface area contributed by atoms with E-state index in [1.165, 1.54) is 0 Å².